The number of hydrogen-bond acceptors (Lipinski definition) is 1. The van der Waals surface area contributed by atoms with Gasteiger partial charge in [0.2, 0.25) is 0 Å². The first-order chi connectivity index (χ1) is 5.35. The zero-order valence-electron chi connectivity index (χ0n) is 5.93. The summed E-state index contributed by atoms with van der Waals surface area (Å²) in [6.45, 7) is 0.254. The van der Waals surface area contributed by atoms with E-state index in [0.717, 1.165) is 6.42 Å². The van der Waals surface area contributed by atoms with Crippen molar-refractivity contribution in [2.75, 3.05) is 6.61 Å². The summed E-state index contributed by atoms with van der Waals surface area (Å²) in [7, 11) is 9.78. The fraction of sp³-hybridized carbons (Fsp3) is 0.286. The fourth-order valence-corrected chi connectivity index (χ4v) is 0.710. The van der Waals surface area contributed by atoms with Crippen LogP contribution in [0.3, 0.4) is 0 Å². The summed E-state index contributed by atoms with van der Waals surface area (Å²) in [6.07, 6.45) is 8.76. The van der Waals surface area contributed by atoms with Crippen LogP contribution in [0.5, 0.6) is 0 Å². The van der Waals surface area contributed by atoms with Crippen LogP contribution in [0.15, 0.2) is 0 Å². The summed E-state index contributed by atoms with van der Waals surface area (Å²) in [5.74, 6) is 1.22. The molecule has 1 fully saturated rings. The van der Waals surface area contributed by atoms with Crippen molar-refractivity contribution >= 4 is 18.6 Å². The van der Waals surface area contributed by atoms with Gasteiger partial charge >= 0.3 is 35.6 Å². The molecule has 0 unspecified atom stereocenters. The van der Waals surface area contributed by atoms with Gasteiger partial charge < -0.3 is 5.11 Å². The molecule has 0 bridgehead atoms. The minimum atomic E-state index is -0.556. The standard InChI is InChI=1S/C7H9O.2ClH.Ti/c8-6-5-7-3-1-2-4-7;;;/h1-4,8H,5-6H2;2*1H;/q;;;+2/p-2. The number of hydrogen-bond donors (Lipinski definition) is 1. The van der Waals surface area contributed by atoms with E-state index >= 15 is 0 Å². The maximum atomic E-state index is 8.44. The van der Waals surface area contributed by atoms with E-state index in [1.165, 1.54) is 5.92 Å². The molecule has 0 spiro atoms. The quantitative estimate of drug-likeness (QED) is 0.717. The molecule has 0 atom stereocenters. The van der Waals surface area contributed by atoms with Crippen molar-refractivity contribution in [3.8, 4) is 0 Å². The van der Waals surface area contributed by atoms with Crippen LogP contribution < -0.4 is 0 Å². The molecule has 1 rings (SSSR count). The van der Waals surface area contributed by atoms with E-state index in [1.54, 1.807) is 0 Å². The molecule has 1 aliphatic carbocycles. The number of halogens is 2. The second kappa shape index (κ2) is 9.34. The molecule has 0 aromatic rings. The molecule has 0 aromatic carbocycles. The summed E-state index contributed by atoms with van der Waals surface area (Å²) >= 11 is -0.556. The van der Waals surface area contributed by atoms with Gasteiger partial charge in [0, 0.05) is 6.61 Å². The van der Waals surface area contributed by atoms with Crippen LogP contribution in [0.4, 0.5) is 0 Å². The monoisotopic (exact) mass is 227 g/mol. The van der Waals surface area contributed by atoms with Gasteiger partial charge in [0.1, 0.15) is 0 Å². The van der Waals surface area contributed by atoms with Crippen molar-refractivity contribution < 1.29 is 22.1 Å². The van der Waals surface area contributed by atoms with Gasteiger partial charge in [-0.2, -0.15) is 0 Å². The Morgan fingerprint density at radius 3 is 2.09 bits per heavy atom. The van der Waals surface area contributed by atoms with Gasteiger partial charge in [0.25, 0.3) is 0 Å². The Hall–Kier alpha value is 1.25. The Morgan fingerprint density at radius 1 is 1.27 bits per heavy atom. The molecular formula is C7H9Cl2OTi. The maximum absolute atomic E-state index is 8.44. The van der Waals surface area contributed by atoms with Crippen molar-refractivity contribution in [2.24, 2.45) is 0 Å². The third-order valence-corrected chi connectivity index (χ3v) is 1.13. The van der Waals surface area contributed by atoms with Crippen LogP contribution in [0.2, 0.25) is 0 Å². The van der Waals surface area contributed by atoms with Crippen molar-refractivity contribution in [3.05, 3.63) is 31.6 Å². The molecular weight excluding hydrogens is 219 g/mol. The summed E-state index contributed by atoms with van der Waals surface area (Å²) < 4.78 is 0. The van der Waals surface area contributed by atoms with E-state index in [4.69, 9.17) is 23.7 Å². The third kappa shape index (κ3) is 7.61. The Morgan fingerprint density at radius 2 is 1.73 bits per heavy atom. The van der Waals surface area contributed by atoms with Crippen LogP contribution >= 0.6 is 18.6 Å². The normalized spacial score (nSPS) is 17.4. The van der Waals surface area contributed by atoms with E-state index in [1.807, 2.05) is 25.7 Å². The average Bonchev–Trinajstić information content (AvgIpc) is 2.42. The molecule has 0 aliphatic heterocycles. The summed E-state index contributed by atoms with van der Waals surface area (Å²) in [5.41, 5.74) is 0. The molecule has 5 radical (unpaired) electrons. The summed E-state index contributed by atoms with van der Waals surface area (Å²) in [5, 5.41) is 8.44. The molecule has 0 aromatic heterocycles. The van der Waals surface area contributed by atoms with E-state index in [2.05, 4.69) is 0 Å². The first kappa shape index (κ1) is 12.3. The van der Waals surface area contributed by atoms with Gasteiger partial charge in [-0.25, -0.2) is 0 Å². The van der Waals surface area contributed by atoms with Gasteiger partial charge in [-0.05, 0) is 38.0 Å². The second-order valence-electron chi connectivity index (χ2n) is 1.84. The average molecular weight is 228 g/mol. The molecule has 61 valence electrons. The number of aliphatic hydroxyl groups is 1. The van der Waals surface area contributed by atoms with Crippen LogP contribution in [0.25, 0.3) is 0 Å². The number of rotatable bonds is 2. The molecule has 1 aliphatic rings. The van der Waals surface area contributed by atoms with Crippen molar-refractivity contribution in [1.82, 2.24) is 0 Å². The van der Waals surface area contributed by atoms with Crippen molar-refractivity contribution in [1.29, 1.82) is 0 Å². The zero-order chi connectivity index (χ0) is 8.53. The van der Waals surface area contributed by atoms with E-state index in [9.17, 15) is 0 Å². The van der Waals surface area contributed by atoms with Gasteiger partial charge in [-0.1, -0.05) is 0 Å². The topological polar surface area (TPSA) is 20.2 Å². The molecule has 1 nitrogen and oxygen atoms in total. The van der Waals surface area contributed by atoms with Gasteiger partial charge in [-0.15, -0.1) is 0 Å². The SMILES string of the molecule is OCC[C]1[CH][CH][CH][CH]1.[Cl][Ti][Cl]. The van der Waals surface area contributed by atoms with Crippen LogP contribution in [-0.4, -0.2) is 11.7 Å². The predicted octanol–water partition coefficient (Wildman–Crippen LogP) is 2.15. The predicted molar refractivity (Wildman–Crippen MR) is 43.9 cm³/mol. The first-order valence-electron chi connectivity index (χ1n) is 3.13. The first-order valence-corrected chi connectivity index (χ1v) is 7.42. The summed E-state index contributed by atoms with van der Waals surface area (Å²) in [6, 6.07) is 0. The van der Waals surface area contributed by atoms with Crippen LogP contribution in [0.1, 0.15) is 6.42 Å². The van der Waals surface area contributed by atoms with Crippen LogP contribution in [0, 0.1) is 31.6 Å². The fourth-order valence-electron chi connectivity index (χ4n) is 0.710. The van der Waals surface area contributed by atoms with Crippen LogP contribution in [-0.2, 0) is 17.0 Å². The molecule has 4 heteroatoms. The Labute approximate surface area is 85.1 Å². The molecule has 0 amide bonds. The number of aliphatic hydroxyl groups excluding tert-OH is 1. The molecule has 0 heterocycles. The Bertz CT molecular complexity index is 76.8. The third-order valence-electron chi connectivity index (χ3n) is 1.13. The molecule has 1 saturated carbocycles. The van der Waals surface area contributed by atoms with E-state index < -0.39 is 17.0 Å². The molecule has 0 saturated heterocycles. The van der Waals surface area contributed by atoms with E-state index in [0.29, 0.717) is 0 Å². The van der Waals surface area contributed by atoms with E-state index in [-0.39, 0.29) is 6.61 Å². The minimum absolute atomic E-state index is 0.254. The molecule has 1 N–H and O–H groups in total. The van der Waals surface area contributed by atoms with Crippen molar-refractivity contribution in [3.63, 3.8) is 0 Å². The zero-order valence-corrected chi connectivity index (χ0v) is 9.00. The van der Waals surface area contributed by atoms with Gasteiger partial charge in [0.05, 0.1) is 0 Å². The second-order valence-corrected chi connectivity index (χ2v) is 4.42. The molecule has 11 heavy (non-hydrogen) atoms. The van der Waals surface area contributed by atoms with Gasteiger partial charge in [-0.3, -0.25) is 0 Å². The Kier molecular flexibility index (Phi) is 10.4. The van der Waals surface area contributed by atoms with Crippen molar-refractivity contribution in [2.45, 2.75) is 6.42 Å². The van der Waals surface area contributed by atoms with Gasteiger partial charge in [0.15, 0.2) is 0 Å². The Balaban J connectivity index is 0.000000292. The summed E-state index contributed by atoms with van der Waals surface area (Å²) in [4.78, 5) is 0.